The largest absolute Gasteiger partial charge is 0.497 e. The van der Waals surface area contributed by atoms with E-state index in [1.54, 1.807) is 23.8 Å². The molecule has 0 bridgehead atoms. The second-order valence-corrected chi connectivity index (χ2v) is 8.48. The number of carbonyl (C=O) groups excluding carboxylic acids is 1. The zero-order valence-electron chi connectivity index (χ0n) is 21.1. The number of para-hydroxylation sites is 1. The number of carbonyl (C=O) groups is 1. The van der Waals surface area contributed by atoms with Gasteiger partial charge >= 0.3 is 0 Å². The highest BCUT2D eigenvalue weighted by molar-refractivity contribution is 5.94. The molecule has 0 saturated heterocycles. The van der Waals surface area contributed by atoms with Crippen molar-refractivity contribution in [1.29, 1.82) is 0 Å². The van der Waals surface area contributed by atoms with E-state index in [1.807, 2.05) is 92.7 Å². The molecular weight excluding hydrogens is 454 g/mol. The Morgan fingerprint density at radius 1 is 0.917 bits per heavy atom. The standard InChI is InChI=1S/C29H31N3O4/c1-21-13-15-23(16-14-21)28(33)31(17-18-34-3)20-27-22(2)30-32(24-9-6-5-7-10-24)29(27)36-26-12-8-11-25(19-26)35-4/h5-16,19H,17-18,20H2,1-4H3. The molecule has 0 aliphatic carbocycles. The van der Waals surface area contributed by atoms with Crippen molar-refractivity contribution in [2.24, 2.45) is 0 Å². The molecule has 0 radical (unpaired) electrons. The normalized spacial score (nSPS) is 10.8. The smallest absolute Gasteiger partial charge is 0.254 e. The molecular formula is C29H31N3O4. The van der Waals surface area contributed by atoms with Gasteiger partial charge in [0.05, 0.1) is 37.2 Å². The molecule has 0 aliphatic heterocycles. The van der Waals surface area contributed by atoms with Gasteiger partial charge in [0.1, 0.15) is 11.5 Å². The van der Waals surface area contributed by atoms with Gasteiger partial charge in [-0.1, -0.05) is 42.0 Å². The predicted octanol–water partition coefficient (Wildman–Crippen LogP) is 5.58. The minimum Gasteiger partial charge on any atom is -0.497 e. The summed E-state index contributed by atoms with van der Waals surface area (Å²) in [5.74, 6) is 1.77. The maximum absolute atomic E-state index is 13.5. The van der Waals surface area contributed by atoms with E-state index in [4.69, 9.17) is 19.3 Å². The van der Waals surface area contributed by atoms with Crippen LogP contribution in [0.1, 0.15) is 27.2 Å². The Morgan fingerprint density at radius 3 is 2.33 bits per heavy atom. The Labute approximate surface area is 211 Å². The first-order valence-electron chi connectivity index (χ1n) is 11.8. The van der Waals surface area contributed by atoms with E-state index >= 15 is 0 Å². The fourth-order valence-corrected chi connectivity index (χ4v) is 3.87. The zero-order chi connectivity index (χ0) is 25.5. The van der Waals surface area contributed by atoms with Crippen LogP contribution in [0.15, 0.2) is 78.9 Å². The number of rotatable bonds is 10. The van der Waals surface area contributed by atoms with Crippen molar-refractivity contribution < 1.29 is 19.0 Å². The van der Waals surface area contributed by atoms with Crippen LogP contribution in [-0.4, -0.2) is 48.0 Å². The van der Waals surface area contributed by atoms with E-state index < -0.39 is 0 Å². The van der Waals surface area contributed by atoms with Crippen LogP contribution < -0.4 is 9.47 Å². The van der Waals surface area contributed by atoms with Crippen molar-refractivity contribution in [3.05, 3.63) is 101 Å². The van der Waals surface area contributed by atoms with E-state index in [9.17, 15) is 4.79 Å². The summed E-state index contributed by atoms with van der Waals surface area (Å²) in [5, 5.41) is 4.79. The van der Waals surface area contributed by atoms with Gasteiger partial charge in [0.15, 0.2) is 0 Å². The van der Waals surface area contributed by atoms with Gasteiger partial charge in [0, 0.05) is 25.3 Å². The van der Waals surface area contributed by atoms with E-state index in [2.05, 4.69) is 0 Å². The van der Waals surface area contributed by atoms with Gasteiger partial charge in [0.2, 0.25) is 5.88 Å². The SMILES string of the molecule is COCCN(Cc1c(C)nn(-c2ccccc2)c1Oc1cccc(OC)c1)C(=O)c1ccc(C)cc1. The third-order valence-corrected chi connectivity index (χ3v) is 5.89. The van der Waals surface area contributed by atoms with Gasteiger partial charge in [-0.3, -0.25) is 4.79 Å². The summed E-state index contributed by atoms with van der Waals surface area (Å²) < 4.78 is 18.9. The average molecular weight is 486 g/mol. The quantitative estimate of drug-likeness (QED) is 0.293. The highest BCUT2D eigenvalue weighted by atomic mass is 16.5. The summed E-state index contributed by atoms with van der Waals surface area (Å²) in [6.45, 7) is 5.08. The molecule has 4 aromatic rings. The van der Waals surface area contributed by atoms with Crippen LogP contribution in [0.4, 0.5) is 0 Å². The summed E-state index contributed by atoms with van der Waals surface area (Å²) in [5.41, 5.74) is 4.18. The Hall–Kier alpha value is -4.10. The first kappa shape index (κ1) is 25.0. The number of hydrogen-bond donors (Lipinski definition) is 0. The van der Waals surface area contributed by atoms with E-state index in [-0.39, 0.29) is 5.91 Å². The number of aryl methyl sites for hydroxylation is 2. The predicted molar refractivity (Wildman–Crippen MR) is 139 cm³/mol. The number of methoxy groups -OCH3 is 2. The van der Waals surface area contributed by atoms with Crippen LogP contribution in [0, 0.1) is 13.8 Å². The summed E-state index contributed by atoms with van der Waals surface area (Å²) in [6.07, 6.45) is 0. The van der Waals surface area contributed by atoms with Crippen LogP contribution in [0.5, 0.6) is 17.4 Å². The molecule has 1 aromatic heterocycles. The van der Waals surface area contributed by atoms with Crippen LogP contribution in [-0.2, 0) is 11.3 Å². The van der Waals surface area contributed by atoms with E-state index in [0.29, 0.717) is 42.6 Å². The molecule has 0 atom stereocenters. The highest BCUT2D eigenvalue weighted by Crippen LogP contribution is 2.33. The summed E-state index contributed by atoms with van der Waals surface area (Å²) in [6, 6.07) is 24.8. The fourth-order valence-electron chi connectivity index (χ4n) is 3.87. The van der Waals surface area contributed by atoms with Crippen molar-refractivity contribution in [1.82, 2.24) is 14.7 Å². The van der Waals surface area contributed by atoms with E-state index in [1.165, 1.54) is 0 Å². The Bertz CT molecular complexity index is 1300. The lowest BCUT2D eigenvalue weighted by Gasteiger charge is -2.23. The number of aromatic nitrogens is 2. The summed E-state index contributed by atoms with van der Waals surface area (Å²) in [7, 11) is 3.25. The third-order valence-electron chi connectivity index (χ3n) is 5.89. The van der Waals surface area contributed by atoms with Crippen molar-refractivity contribution in [2.45, 2.75) is 20.4 Å². The van der Waals surface area contributed by atoms with Gasteiger partial charge in [-0.25, -0.2) is 4.68 Å². The number of ether oxygens (including phenoxy) is 3. The Kier molecular flexibility index (Phi) is 8.02. The molecule has 0 saturated carbocycles. The first-order chi connectivity index (χ1) is 17.5. The molecule has 1 heterocycles. The molecule has 186 valence electrons. The second kappa shape index (κ2) is 11.6. The van der Waals surface area contributed by atoms with Crippen molar-refractivity contribution in [3.8, 4) is 23.1 Å². The molecule has 7 nitrogen and oxygen atoms in total. The Balaban J connectivity index is 1.75. The second-order valence-electron chi connectivity index (χ2n) is 8.48. The molecule has 3 aromatic carbocycles. The molecule has 0 N–H and O–H groups in total. The van der Waals surface area contributed by atoms with Gasteiger partial charge in [-0.15, -0.1) is 0 Å². The van der Waals surface area contributed by atoms with E-state index in [0.717, 1.165) is 22.5 Å². The monoisotopic (exact) mass is 485 g/mol. The van der Waals surface area contributed by atoms with Crippen molar-refractivity contribution in [2.75, 3.05) is 27.4 Å². The number of benzene rings is 3. The lowest BCUT2D eigenvalue weighted by atomic mass is 10.1. The molecule has 0 aliphatic rings. The van der Waals surface area contributed by atoms with Crippen LogP contribution in [0.2, 0.25) is 0 Å². The molecule has 36 heavy (non-hydrogen) atoms. The van der Waals surface area contributed by atoms with Crippen LogP contribution in [0.25, 0.3) is 5.69 Å². The molecule has 7 heteroatoms. The topological polar surface area (TPSA) is 65.8 Å². The van der Waals surface area contributed by atoms with Gasteiger partial charge < -0.3 is 19.1 Å². The minimum atomic E-state index is -0.0776. The third kappa shape index (κ3) is 5.75. The zero-order valence-corrected chi connectivity index (χ0v) is 21.1. The van der Waals surface area contributed by atoms with Gasteiger partial charge in [-0.2, -0.15) is 5.10 Å². The number of nitrogens with zero attached hydrogens (tertiary/aromatic N) is 3. The molecule has 4 rings (SSSR count). The highest BCUT2D eigenvalue weighted by Gasteiger charge is 2.24. The molecule has 0 fully saturated rings. The number of hydrogen-bond acceptors (Lipinski definition) is 5. The van der Waals surface area contributed by atoms with Crippen LogP contribution in [0.3, 0.4) is 0 Å². The Morgan fingerprint density at radius 2 is 1.64 bits per heavy atom. The lowest BCUT2D eigenvalue weighted by Crippen LogP contribution is -2.33. The molecule has 0 unspecified atom stereocenters. The maximum atomic E-state index is 13.5. The first-order valence-corrected chi connectivity index (χ1v) is 11.8. The van der Waals surface area contributed by atoms with Crippen molar-refractivity contribution >= 4 is 5.91 Å². The molecule has 0 spiro atoms. The molecule has 1 amide bonds. The maximum Gasteiger partial charge on any atom is 0.254 e. The number of amides is 1. The average Bonchev–Trinajstić information content (AvgIpc) is 3.21. The van der Waals surface area contributed by atoms with Gasteiger partial charge in [0.25, 0.3) is 5.91 Å². The fraction of sp³-hybridized carbons (Fsp3) is 0.241. The van der Waals surface area contributed by atoms with Gasteiger partial charge in [-0.05, 0) is 50.2 Å². The lowest BCUT2D eigenvalue weighted by molar-refractivity contribution is 0.0679. The minimum absolute atomic E-state index is 0.0776. The van der Waals surface area contributed by atoms with Crippen LogP contribution >= 0.6 is 0 Å². The summed E-state index contributed by atoms with van der Waals surface area (Å²) >= 11 is 0. The summed E-state index contributed by atoms with van der Waals surface area (Å²) in [4.78, 5) is 15.3. The van der Waals surface area contributed by atoms with Crippen molar-refractivity contribution in [3.63, 3.8) is 0 Å².